The van der Waals surface area contributed by atoms with Gasteiger partial charge in [0.2, 0.25) is 5.82 Å². The van der Waals surface area contributed by atoms with Gasteiger partial charge in [-0.15, -0.1) is 24.5 Å². The summed E-state index contributed by atoms with van der Waals surface area (Å²) in [6.45, 7) is -0.154. The number of aromatic nitrogens is 2. The molecule has 2 aromatic heterocycles. The van der Waals surface area contributed by atoms with E-state index >= 15 is 0 Å². The van der Waals surface area contributed by atoms with Crippen LogP contribution in [0.4, 0.5) is 24.7 Å². The van der Waals surface area contributed by atoms with Crippen LogP contribution in [-0.4, -0.2) is 40.5 Å². The van der Waals surface area contributed by atoms with E-state index in [9.17, 15) is 18.0 Å². The van der Waals surface area contributed by atoms with Crippen molar-refractivity contribution >= 4 is 39.0 Å². The van der Waals surface area contributed by atoms with Crippen molar-refractivity contribution in [2.75, 3.05) is 18.5 Å². The van der Waals surface area contributed by atoms with Gasteiger partial charge in [-0.25, -0.2) is 9.97 Å². The summed E-state index contributed by atoms with van der Waals surface area (Å²) in [7, 11) is 0. The minimum absolute atomic E-state index is 0.0636. The number of nitrogens with zero attached hydrogens (tertiary/aromatic N) is 2. The molecule has 0 spiro atoms. The fraction of sp³-hybridized carbons (Fsp3) is 0.188. The van der Waals surface area contributed by atoms with Gasteiger partial charge in [0.1, 0.15) is 16.4 Å². The van der Waals surface area contributed by atoms with E-state index in [2.05, 4.69) is 25.3 Å². The lowest BCUT2D eigenvalue weighted by atomic mass is 10.3. The molecule has 27 heavy (non-hydrogen) atoms. The zero-order valence-corrected chi connectivity index (χ0v) is 14.4. The maximum Gasteiger partial charge on any atom is 0.573 e. The number of aliphatic hydroxyl groups is 1. The van der Waals surface area contributed by atoms with Crippen LogP contribution in [-0.2, 0) is 0 Å². The highest BCUT2D eigenvalue weighted by Crippen LogP contribution is 2.29. The van der Waals surface area contributed by atoms with Crippen LogP contribution in [0.1, 0.15) is 10.6 Å². The predicted octanol–water partition coefficient (Wildman–Crippen LogP) is 3.06. The standard InChI is InChI=1S/C16H13F3N4O3S/c17-16(18,19)26-10-3-1-9(2-4-10)21-12-11-5-8-27-15(11)23-13(22-12)14(25)20-6-7-24/h1-5,8,24H,6-7H2,(H,20,25)(H,21,22,23). The number of fused-ring (bicyclic) bond motifs is 1. The maximum absolute atomic E-state index is 12.2. The molecule has 3 N–H and O–H groups in total. The molecule has 0 saturated carbocycles. The zero-order chi connectivity index (χ0) is 19.4. The first-order valence-corrected chi connectivity index (χ1v) is 8.51. The molecule has 1 amide bonds. The van der Waals surface area contributed by atoms with Crippen LogP contribution in [0.25, 0.3) is 10.2 Å². The van der Waals surface area contributed by atoms with Crippen LogP contribution in [0.2, 0.25) is 0 Å². The average Bonchev–Trinajstić information content (AvgIpc) is 3.09. The number of thiophene rings is 1. The molecule has 3 aromatic rings. The van der Waals surface area contributed by atoms with Crippen molar-refractivity contribution < 1.29 is 27.8 Å². The molecule has 0 aliphatic heterocycles. The first kappa shape index (κ1) is 18.9. The molecular formula is C16H13F3N4O3S. The van der Waals surface area contributed by atoms with E-state index in [-0.39, 0.29) is 24.7 Å². The van der Waals surface area contributed by atoms with Crippen LogP contribution in [0.5, 0.6) is 5.75 Å². The minimum Gasteiger partial charge on any atom is -0.406 e. The third kappa shape index (κ3) is 4.83. The molecule has 7 nitrogen and oxygen atoms in total. The number of hydrogen-bond acceptors (Lipinski definition) is 7. The van der Waals surface area contributed by atoms with Crippen LogP contribution in [0.3, 0.4) is 0 Å². The number of carbonyl (C=O) groups is 1. The van der Waals surface area contributed by atoms with Gasteiger partial charge in [-0.1, -0.05) is 0 Å². The van der Waals surface area contributed by atoms with Crippen LogP contribution in [0.15, 0.2) is 35.7 Å². The summed E-state index contributed by atoms with van der Waals surface area (Å²) in [6, 6.07) is 6.88. The SMILES string of the molecule is O=C(NCCO)c1nc(Nc2ccc(OC(F)(F)F)cc2)c2ccsc2n1. The first-order chi connectivity index (χ1) is 12.9. The number of aliphatic hydroxyl groups excluding tert-OH is 1. The quantitative estimate of drug-likeness (QED) is 0.591. The van der Waals surface area contributed by atoms with Gasteiger partial charge >= 0.3 is 6.36 Å². The Labute approximate surface area is 154 Å². The number of rotatable bonds is 6. The molecule has 0 aliphatic carbocycles. The van der Waals surface area contributed by atoms with Gasteiger partial charge in [-0.05, 0) is 35.7 Å². The fourth-order valence-corrected chi connectivity index (χ4v) is 2.94. The topological polar surface area (TPSA) is 96.4 Å². The van der Waals surface area contributed by atoms with Gasteiger partial charge in [0.05, 0.1) is 12.0 Å². The Hall–Kier alpha value is -2.92. The van der Waals surface area contributed by atoms with Crippen molar-refractivity contribution in [3.05, 3.63) is 41.5 Å². The van der Waals surface area contributed by atoms with E-state index in [1.54, 1.807) is 11.4 Å². The van der Waals surface area contributed by atoms with Crippen molar-refractivity contribution in [2.45, 2.75) is 6.36 Å². The lowest BCUT2D eigenvalue weighted by molar-refractivity contribution is -0.274. The second-order valence-corrected chi connectivity index (χ2v) is 6.11. The van der Waals surface area contributed by atoms with Crippen molar-refractivity contribution in [3.8, 4) is 5.75 Å². The van der Waals surface area contributed by atoms with Gasteiger partial charge in [0.15, 0.2) is 0 Å². The predicted molar refractivity (Wildman–Crippen MR) is 93.2 cm³/mol. The summed E-state index contributed by atoms with van der Waals surface area (Å²) < 4.78 is 40.5. The molecule has 0 radical (unpaired) electrons. The largest absolute Gasteiger partial charge is 0.573 e. The Morgan fingerprint density at radius 3 is 2.59 bits per heavy atom. The molecular weight excluding hydrogens is 385 g/mol. The Balaban J connectivity index is 1.85. The number of carbonyl (C=O) groups excluding carboxylic acids is 1. The highest BCUT2D eigenvalue weighted by atomic mass is 32.1. The number of nitrogens with one attached hydrogen (secondary N) is 2. The third-order valence-corrected chi connectivity index (χ3v) is 4.08. The zero-order valence-electron chi connectivity index (χ0n) is 13.6. The smallest absolute Gasteiger partial charge is 0.406 e. The molecule has 0 bridgehead atoms. The van der Waals surface area contributed by atoms with Gasteiger partial charge in [-0.3, -0.25) is 4.79 Å². The second kappa shape index (κ2) is 7.76. The van der Waals surface area contributed by atoms with E-state index in [4.69, 9.17) is 5.11 Å². The summed E-state index contributed by atoms with van der Waals surface area (Å²) >= 11 is 1.31. The second-order valence-electron chi connectivity index (χ2n) is 5.21. The highest BCUT2D eigenvalue weighted by Gasteiger charge is 2.31. The normalized spacial score (nSPS) is 11.4. The lowest BCUT2D eigenvalue weighted by Crippen LogP contribution is -2.28. The summed E-state index contributed by atoms with van der Waals surface area (Å²) in [5.41, 5.74) is 0.456. The van der Waals surface area contributed by atoms with Gasteiger partial charge in [0.25, 0.3) is 5.91 Å². The fourth-order valence-electron chi connectivity index (χ4n) is 2.18. The molecule has 3 rings (SSSR count). The van der Waals surface area contributed by atoms with Gasteiger partial charge in [-0.2, -0.15) is 0 Å². The highest BCUT2D eigenvalue weighted by molar-refractivity contribution is 7.16. The number of halogens is 3. The average molecular weight is 398 g/mol. The minimum atomic E-state index is -4.76. The summed E-state index contributed by atoms with van der Waals surface area (Å²) in [4.78, 5) is 21.0. The van der Waals surface area contributed by atoms with Crippen molar-refractivity contribution in [3.63, 3.8) is 0 Å². The van der Waals surface area contributed by atoms with Crippen LogP contribution in [0, 0.1) is 0 Å². The number of ether oxygens (including phenoxy) is 1. The Bertz CT molecular complexity index is 944. The number of hydrogen-bond donors (Lipinski definition) is 3. The van der Waals surface area contributed by atoms with Crippen molar-refractivity contribution in [2.24, 2.45) is 0 Å². The Morgan fingerprint density at radius 1 is 1.19 bits per heavy atom. The molecule has 1 aromatic carbocycles. The van der Waals surface area contributed by atoms with Crippen LogP contribution < -0.4 is 15.4 Å². The lowest BCUT2D eigenvalue weighted by Gasteiger charge is -2.11. The number of anilines is 2. The number of amides is 1. The maximum atomic E-state index is 12.2. The van der Waals surface area contributed by atoms with E-state index in [0.717, 1.165) is 12.1 Å². The van der Waals surface area contributed by atoms with E-state index in [1.807, 2.05) is 0 Å². The summed E-state index contributed by atoms with van der Waals surface area (Å²) in [5, 5.41) is 16.7. The molecule has 0 unspecified atom stereocenters. The molecule has 142 valence electrons. The first-order valence-electron chi connectivity index (χ1n) is 7.63. The number of alkyl halides is 3. The van der Waals surface area contributed by atoms with Crippen molar-refractivity contribution in [1.82, 2.24) is 15.3 Å². The van der Waals surface area contributed by atoms with E-state index in [0.29, 0.717) is 21.7 Å². The molecule has 0 atom stereocenters. The molecule has 0 fully saturated rings. The third-order valence-electron chi connectivity index (χ3n) is 3.28. The molecule has 11 heteroatoms. The summed E-state index contributed by atoms with van der Waals surface area (Å²) in [6.07, 6.45) is -4.76. The Kier molecular flexibility index (Phi) is 5.42. The molecule has 0 saturated heterocycles. The van der Waals surface area contributed by atoms with Crippen molar-refractivity contribution in [1.29, 1.82) is 0 Å². The van der Waals surface area contributed by atoms with E-state index in [1.165, 1.54) is 23.5 Å². The van der Waals surface area contributed by atoms with Gasteiger partial charge in [0, 0.05) is 12.2 Å². The monoisotopic (exact) mass is 398 g/mol. The van der Waals surface area contributed by atoms with Crippen LogP contribution >= 0.6 is 11.3 Å². The number of benzene rings is 1. The summed E-state index contributed by atoms with van der Waals surface area (Å²) in [5.74, 6) is -0.644. The van der Waals surface area contributed by atoms with E-state index < -0.39 is 12.3 Å². The van der Waals surface area contributed by atoms with Gasteiger partial charge < -0.3 is 20.5 Å². The molecule has 2 heterocycles. The molecule has 0 aliphatic rings. The Morgan fingerprint density at radius 2 is 1.93 bits per heavy atom.